The maximum absolute atomic E-state index is 12.8. The largest absolute Gasteiger partial charge is 0.623 e. The molecule has 2 atom stereocenters. The van der Waals surface area contributed by atoms with E-state index in [1.165, 1.54) is 24.2 Å². The molecule has 2 aliphatic rings. The van der Waals surface area contributed by atoms with Crippen LogP contribution in [0.4, 0.5) is 5.13 Å². The van der Waals surface area contributed by atoms with E-state index in [-0.39, 0.29) is 6.67 Å². The minimum atomic E-state index is -0.940. The molecule has 1 saturated carbocycles. The van der Waals surface area contributed by atoms with Crippen molar-refractivity contribution in [2.45, 2.75) is 44.8 Å². The van der Waals surface area contributed by atoms with Gasteiger partial charge in [-0.2, -0.15) is 0 Å². The van der Waals surface area contributed by atoms with E-state index in [1.807, 2.05) is 11.8 Å². The summed E-state index contributed by atoms with van der Waals surface area (Å²) in [6, 6.07) is 0. The van der Waals surface area contributed by atoms with Crippen LogP contribution in [0.25, 0.3) is 0 Å². The summed E-state index contributed by atoms with van der Waals surface area (Å²) in [6.45, 7) is 3.45. The van der Waals surface area contributed by atoms with E-state index < -0.39 is 10.9 Å². The summed E-state index contributed by atoms with van der Waals surface area (Å²) in [5.74, 6) is 0.472. The topological polar surface area (TPSA) is 72.3 Å². The van der Waals surface area contributed by atoms with E-state index in [0.717, 1.165) is 24.4 Å². The molecule has 106 valence electrons. The summed E-state index contributed by atoms with van der Waals surface area (Å²) in [5.41, 5.74) is 0. The zero-order valence-electron chi connectivity index (χ0n) is 11.2. The van der Waals surface area contributed by atoms with E-state index in [4.69, 9.17) is 0 Å². The van der Waals surface area contributed by atoms with Crippen molar-refractivity contribution in [3.8, 4) is 0 Å². The molecule has 19 heavy (non-hydrogen) atoms. The van der Waals surface area contributed by atoms with Gasteiger partial charge in [0.1, 0.15) is 11.7 Å². The van der Waals surface area contributed by atoms with Gasteiger partial charge in [0, 0.05) is 12.5 Å². The molecule has 2 unspecified atom stereocenters. The maximum atomic E-state index is 12.8. The third kappa shape index (κ3) is 2.30. The molecule has 6 nitrogen and oxygen atoms in total. The average Bonchev–Trinajstić information content (AvgIpc) is 3.09. The Balaban J connectivity index is 1.81. The molecule has 1 aromatic rings. The van der Waals surface area contributed by atoms with Crippen LogP contribution in [0.5, 0.6) is 0 Å². The molecule has 1 saturated heterocycles. The molecule has 1 aliphatic carbocycles. The average molecular weight is 284 g/mol. The number of rotatable bonds is 3. The highest BCUT2D eigenvalue weighted by Crippen LogP contribution is 2.40. The summed E-state index contributed by atoms with van der Waals surface area (Å²) >= 11 is 1.39. The van der Waals surface area contributed by atoms with Crippen LogP contribution in [-0.4, -0.2) is 46.2 Å². The lowest BCUT2D eigenvalue weighted by Crippen LogP contribution is -2.48. The smallest absolute Gasteiger partial charge is 0.309 e. The van der Waals surface area contributed by atoms with E-state index in [9.17, 15) is 10.3 Å². The second-order valence-corrected chi connectivity index (χ2v) is 6.48. The van der Waals surface area contributed by atoms with Crippen molar-refractivity contribution >= 4 is 16.5 Å². The number of hydroxylamine groups is 2. The van der Waals surface area contributed by atoms with Crippen molar-refractivity contribution in [3.05, 3.63) is 10.2 Å². The fourth-order valence-corrected chi connectivity index (χ4v) is 4.03. The highest BCUT2D eigenvalue weighted by atomic mass is 32.1. The number of hydrogen-bond acceptors (Lipinski definition) is 6. The molecule has 2 fully saturated rings. The summed E-state index contributed by atoms with van der Waals surface area (Å²) in [5, 5.41) is 32.5. The number of likely N-dealkylation sites (N-methyl/N-ethyl adjacent to an activating group) is 1. The lowest BCUT2D eigenvalue weighted by atomic mass is 10.1. The SMILES string of the molecule is CCN1CC(O)[N+]([O-])(c2nnc(C3CCCC3)s2)C1. The Morgan fingerprint density at radius 3 is 2.79 bits per heavy atom. The number of β-amino-alcohol motifs (C(OH)–C–C–N with tert-alkyl or cyclic N) is 1. The van der Waals surface area contributed by atoms with E-state index in [0.29, 0.717) is 17.6 Å². The molecule has 2 heterocycles. The van der Waals surface area contributed by atoms with Gasteiger partial charge in [0.05, 0.1) is 6.54 Å². The predicted molar refractivity (Wildman–Crippen MR) is 74.4 cm³/mol. The molecule has 0 amide bonds. The van der Waals surface area contributed by atoms with Crippen LogP contribution in [0.3, 0.4) is 0 Å². The Morgan fingerprint density at radius 2 is 2.16 bits per heavy atom. The Labute approximate surface area is 116 Å². The minimum Gasteiger partial charge on any atom is -0.623 e. The highest BCUT2D eigenvalue weighted by Gasteiger charge is 2.42. The molecule has 1 N–H and O–H groups in total. The number of aromatic nitrogens is 2. The molecule has 0 bridgehead atoms. The maximum Gasteiger partial charge on any atom is 0.309 e. The van der Waals surface area contributed by atoms with Crippen molar-refractivity contribution in [3.63, 3.8) is 0 Å². The first kappa shape index (κ1) is 13.4. The van der Waals surface area contributed by atoms with Gasteiger partial charge in [0.25, 0.3) is 0 Å². The van der Waals surface area contributed by atoms with Crippen LogP contribution in [0.2, 0.25) is 0 Å². The lowest BCUT2D eigenvalue weighted by molar-refractivity contribution is 0.0843. The van der Waals surface area contributed by atoms with Gasteiger partial charge >= 0.3 is 5.13 Å². The molecular formula is C12H20N4O2S. The standard InChI is InChI=1S/C12H20N4O2S/c1-2-15-7-10(17)16(18,8-15)12-14-13-11(19-12)9-5-3-4-6-9/h9-10,17H,2-8H2,1H3. The molecule has 0 aromatic carbocycles. The number of nitrogens with zero attached hydrogens (tertiary/aromatic N) is 4. The van der Waals surface area contributed by atoms with Gasteiger partial charge in [-0.3, -0.25) is 4.65 Å². The van der Waals surface area contributed by atoms with Crippen LogP contribution in [0, 0.1) is 5.21 Å². The Bertz CT molecular complexity index is 449. The fourth-order valence-electron chi connectivity index (χ4n) is 2.95. The molecule has 0 radical (unpaired) electrons. The predicted octanol–water partition coefficient (Wildman–Crippen LogP) is 1.61. The number of aliphatic hydroxyl groups excluding tert-OH is 1. The van der Waals surface area contributed by atoms with Crippen LogP contribution >= 0.6 is 11.3 Å². The molecular weight excluding hydrogens is 264 g/mol. The first-order valence-corrected chi connectivity index (χ1v) is 7.78. The van der Waals surface area contributed by atoms with Crippen molar-refractivity contribution in [2.24, 2.45) is 0 Å². The van der Waals surface area contributed by atoms with Gasteiger partial charge in [0.2, 0.25) is 6.23 Å². The Hall–Kier alpha value is -0.600. The van der Waals surface area contributed by atoms with Crippen LogP contribution in [0.1, 0.15) is 43.5 Å². The van der Waals surface area contributed by atoms with Crippen molar-refractivity contribution in [2.75, 3.05) is 19.8 Å². The summed E-state index contributed by atoms with van der Waals surface area (Å²) in [4.78, 5) is 1.95. The first-order valence-electron chi connectivity index (χ1n) is 6.96. The van der Waals surface area contributed by atoms with E-state index >= 15 is 0 Å². The van der Waals surface area contributed by atoms with Crippen LogP contribution in [0.15, 0.2) is 0 Å². The van der Waals surface area contributed by atoms with Gasteiger partial charge in [-0.25, -0.2) is 4.90 Å². The number of aliphatic hydroxyl groups is 1. The quantitative estimate of drug-likeness (QED) is 0.674. The summed E-state index contributed by atoms with van der Waals surface area (Å²) in [6.07, 6.45) is 3.84. The van der Waals surface area contributed by atoms with E-state index in [2.05, 4.69) is 10.2 Å². The molecule has 3 rings (SSSR count). The number of hydrogen-bond donors (Lipinski definition) is 1. The summed E-state index contributed by atoms with van der Waals surface area (Å²) in [7, 11) is 0. The third-order valence-electron chi connectivity index (χ3n) is 4.22. The zero-order chi connectivity index (χ0) is 13.5. The number of quaternary nitrogens is 1. The Kier molecular flexibility index (Phi) is 3.57. The van der Waals surface area contributed by atoms with Crippen molar-refractivity contribution in [1.82, 2.24) is 19.7 Å². The second-order valence-electron chi connectivity index (χ2n) is 5.49. The van der Waals surface area contributed by atoms with Gasteiger partial charge in [-0.05, 0) is 24.2 Å². The molecule has 0 spiro atoms. The first-order chi connectivity index (χ1) is 9.13. The highest BCUT2D eigenvalue weighted by molar-refractivity contribution is 7.15. The van der Waals surface area contributed by atoms with Crippen LogP contribution < -0.4 is 4.65 Å². The fraction of sp³-hybridized carbons (Fsp3) is 0.833. The Morgan fingerprint density at radius 1 is 1.42 bits per heavy atom. The molecule has 7 heteroatoms. The molecule has 1 aromatic heterocycles. The van der Waals surface area contributed by atoms with Crippen molar-refractivity contribution in [1.29, 1.82) is 0 Å². The van der Waals surface area contributed by atoms with Gasteiger partial charge < -0.3 is 10.3 Å². The van der Waals surface area contributed by atoms with E-state index in [1.54, 1.807) is 0 Å². The molecule has 1 aliphatic heterocycles. The van der Waals surface area contributed by atoms with Gasteiger partial charge in [-0.1, -0.05) is 24.9 Å². The second kappa shape index (κ2) is 5.06. The normalized spacial score (nSPS) is 33.3. The van der Waals surface area contributed by atoms with Crippen molar-refractivity contribution < 1.29 is 5.11 Å². The van der Waals surface area contributed by atoms with Gasteiger partial charge in [-0.15, -0.1) is 5.10 Å². The van der Waals surface area contributed by atoms with Crippen LogP contribution in [-0.2, 0) is 0 Å². The van der Waals surface area contributed by atoms with Gasteiger partial charge in [0.15, 0.2) is 0 Å². The zero-order valence-corrected chi connectivity index (χ0v) is 12.0. The third-order valence-corrected chi connectivity index (χ3v) is 5.42. The summed E-state index contributed by atoms with van der Waals surface area (Å²) < 4.78 is -0.752. The monoisotopic (exact) mass is 284 g/mol. The minimum absolute atomic E-state index is 0.275. The lowest BCUT2D eigenvalue weighted by Gasteiger charge is -2.36.